The van der Waals surface area contributed by atoms with Crippen LogP contribution >= 0.6 is 11.8 Å². The molecule has 1 N–H and O–H groups in total. The molecule has 164 valence electrons. The number of halogens is 5. The van der Waals surface area contributed by atoms with E-state index in [1.807, 2.05) is 13.8 Å². The highest BCUT2D eigenvalue weighted by atomic mass is 32.2. The van der Waals surface area contributed by atoms with Gasteiger partial charge in [0, 0.05) is 6.54 Å². The molecule has 11 heteroatoms. The number of benzene rings is 2. The van der Waals surface area contributed by atoms with E-state index in [0.29, 0.717) is 17.4 Å². The maximum Gasteiger partial charge on any atom is 0.262 e. The minimum atomic E-state index is -2.32. The number of nitrogens with one attached hydrogen (secondary N) is 1. The topological polar surface area (TPSA) is 64.0 Å². The fourth-order valence-electron chi connectivity index (χ4n) is 2.80. The van der Waals surface area contributed by atoms with Crippen LogP contribution in [0.25, 0.3) is 10.9 Å². The Morgan fingerprint density at radius 1 is 1.03 bits per heavy atom. The standard InChI is InChI=1S/C20H16F5N3O2S/c1-9(2)7-28-19(30)10-5-3-4-6-11(10)26-20(28)31-8-12(29)27-18-16(24)14(22)13(21)15(23)17(18)25/h3-6,9H,7-8H2,1-2H3,(H,27,29). The van der Waals surface area contributed by atoms with Crippen molar-refractivity contribution >= 4 is 34.3 Å². The molecule has 0 aliphatic rings. The van der Waals surface area contributed by atoms with Crippen molar-refractivity contribution in [3.63, 3.8) is 0 Å². The predicted octanol–water partition coefficient (Wildman–Crippen LogP) is 4.48. The molecule has 31 heavy (non-hydrogen) atoms. The van der Waals surface area contributed by atoms with Crippen LogP contribution < -0.4 is 10.9 Å². The second-order valence-electron chi connectivity index (χ2n) is 7.00. The Balaban J connectivity index is 1.88. The van der Waals surface area contributed by atoms with Crippen LogP contribution in [0.4, 0.5) is 27.6 Å². The summed E-state index contributed by atoms with van der Waals surface area (Å²) in [5, 5.41) is 2.27. The summed E-state index contributed by atoms with van der Waals surface area (Å²) in [6.07, 6.45) is 0. The van der Waals surface area contributed by atoms with Crippen molar-refractivity contribution in [1.29, 1.82) is 0 Å². The molecule has 1 amide bonds. The molecule has 0 radical (unpaired) electrons. The minimum Gasteiger partial charge on any atom is -0.320 e. The number of hydrogen-bond donors (Lipinski definition) is 1. The predicted molar refractivity (Wildman–Crippen MR) is 106 cm³/mol. The third kappa shape index (κ3) is 4.55. The molecular formula is C20H16F5N3O2S. The summed E-state index contributed by atoms with van der Waals surface area (Å²) < 4.78 is 68.6. The normalized spacial score (nSPS) is 11.4. The number of thioether (sulfide) groups is 1. The first-order valence-electron chi connectivity index (χ1n) is 9.05. The minimum absolute atomic E-state index is 0.0715. The van der Waals surface area contributed by atoms with Gasteiger partial charge in [0.15, 0.2) is 28.4 Å². The van der Waals surface area contributed by atoms with Crippen LogP contribution in [0.5, 0.6) is 0 Å². The number of hydrogen-bond acceptors (Lipinski definition) is 4. The number of para-hydroxylation sites is 1. The molecular weight excluding hydrogens is 441 g/mol. The lowest BCUT2D eigenvalue weighted by atomic mass is 10.2. The van der Waals surface area contributed by atoms with Gasteiger partial charge in [-0.3, -0.25) is 14.2 Å². The van der Waals surface area contributed by atoms with Gasteiger partial charge in [0.1, 0.15) is 5.69 Å². The van der Waals surface area contributed by atoms with Gasteiger partial charge < -0.3 is 5.32 Å². The van der Waals surface area contributed by atoms with Crippen molar-refractivity contribution < 1.29 is 26.7 Å². The molecule has 3 rings (SSSR count). The number of aromatic nitrogens is 2. The van der Waals surface area contributed by atoms with Gasteiger partial charge in [-0.15, -0.1) is 0 Å². The van der Waals surface area contributed by atoms with Crippen LogP contribution in [0, 0.1) is 35.0 Å². The lowest BCUT2D eigenvalue weighted by molar-refractivity contribution is -0.113. The molecule has 0 saturated carbocycles. The van der Waals surface area contributed by atoms with Crippen molar-refractivity contribution in [3.8, 4) is 0 Å². The van der Waals surface area contributed by atoms with Crippen molar-refractivity contribution in [1.82, 2.24) is 9.55 Å². The highest BCUT2D eigenvalue weighted by Crippen LogP contribution is 2.27. The van der Waals surface area contributed by atoms with Gasteiger partial charge in [-0.05, 0) is 18.1 Å². The third-order valence-electron chi connectivity index (χ3n) is 4.18. The van der Waals surface area contributed by atoms with E-state index in [4.69, 9.17) is 0 Å². The van der Waals surface area contributed by atoms with Crippen LogP contribution in [-0.2, 0) is 11.3 Å². The monoisotopic (exact) mass is 457 g/mol. The van der Waals surface area contributed by atoms with E-state index in [1.165, 1.54) is 4.57 Å². The number of carbonyl (C=O) groups excluding carboxylic acids is 1. The zero-order valence-corrected chi connectivity index (χ0v) is 17.1. The SMILES string of the molecule is CC(C)Cn1c(SCC(=O)Nc2c(F)c(F)c(F)c(F)c2F)nc2ccccc2c1=O. The molecule has 1 heterocycles. The summed E-state index contributed by atoms with van der Waals surface area (Å²) in [7, 11) is 0. The first-order chi connectivity index (χ1) is 14.6. The van der Waals surface area contributed by atoms with Gasteiger partial charge in [0.05, 0.1) is 16.7 Å². The van der Waals surface area contributed by atoms with Crippen LogP contribution in [-0.4, -0.2) is 21.2 Å². The maximum absolute atomic E-state index is 13.8. The number of nitrogens with zero attached hydrogens (tertiary/aromatic N) is 2. The van der Waals surface area contributed by atoms with Gasteiger partial charge >= 0.3 is 0 Å². The molecule has 0 bridgehead atoms. The average molecular weight is 457 g/mol. The Bertz CT molecular complexity index is 1200. The number of amides is 1. The maximum atomic E-state index is 13.8. The largest absolute Gasteiger partial charge is 0.320 e. The van der Waals surface area contributed by atoms with Crippen molar-refractivity contribution in [2.45, 2.75) is 25.5 Å². The lowest BCUT2D eigenvalue weighted by Gasteiger charge is -2.15. The molecule has 0 saturated heterocycles. The Hall–Kier alpha value is -2.95. The molecule has 0 aliphatic heterocycles. The second kappa shape index (κ2) is 9.04. The molecule has 5 nitrogen and oxygen atoms in total. The van der Waals surface area contributed by atoms with E-state index in [9.17, 15) is 31.5 Å². The smallest absolute Gasteiger partial charge is 0.262 e. The van der Waals surface area contributed by atoms with Gasteiger partial charge in [-0.25, -0.2) is 26.9 Å². The van der Waals surface area contributed by atoms with Crippen LogP contribution in [0.3, 0.4) is 0 Å². The number of carbonyl (C=O) groups is 1. The van der Waals surface area contributed by atoms with Gasteiger partial charge in [-0.1, -0.05) is 37.7 Å². The van der Waals surface area contributed by atoms with Gasteiger partial charge in [0.2, 0.25) is 11.7 Å². The zero-order chi connectivity index (χ0) is 22.9. The van der Waals surface area contributed by atoms with Crippen LogP contribution in [0.2, 0.25) is 0 Å². The van der Waals surface area contributed by atoms with E-state index in [0.717, 1.165) is 11.8 Å². The third-order valence-corrected chi connectivity index (χ3v) is 5.16. The fourth-order valence-corrected chi connectivity index (χ4v) is 3.61. The first kappa shape index (κ1) is 22.7. The highest BCUT2D eigenvalue weighted by Gasteiger charge is 2.27. The van der Waals surface area contributed by atoms with Crippen LogP contribution in [0.1, 0.15) is 13.8 Å². The summed E-state index contributed by atoms with van der Waals surface area (Å²) in [6.45, 7) is 4.07. The summed E-state index contributed by atoms with van der Waals surface area (Å²) >= 11 is 0.802. The number of rotatable bonds is 6. The Labute approximate surface area is 177 Å². The fraction of sp³-hybridized carbons (Fsp3) is 0.250. The number of fused-ring (bicyclic) bond motifs is 1. The van der Waals surface area contributed by atoms with E-state index < -0.39 is 46.4 Å². The molecule has 3 aromatic rings. The van der Waals surface area contributed by atoms with Gasteiger partial charge in [0.25, 0.3) is 5.56 Å². The molecule has 0 atom stereocenters. The summed E-state index contributed by atoms with van der Waals surface area (Å²) in [5.41, 5.74) is -1.36. The highest BCUT2D eigenvalue weighted by molar-refractivity contribution is 7.99. The first-order valence-corrected chi connectivity index (χ1v) is 10.0. The summed E-state index contributed by atoms with van der Waals surface area (Å²) in [6, 6.07) is 6.61. The van der Waals surface area contributed by atoms with E-state index >= 15 is 0 Å². The summed E-state index contributed by atoms with van der Waals surface area (Å²) in [5.74, 6) is -12.4. The Morgan fingerprint density at radius 2 is 1.61 bits per heavy atom. The Kier molecular flexibility index (Phi) is 6.63. The molecule has 0 unspecified atom stereocenters. The number of anilines is 1. The quantitative estimate of drug-likeness (QED) is 0.195. The lowest BCUT2D eigenvalue weighted by Crippen LogP contribution is -2.26. The van der Waals surface area contributed by atoms with E-state index in [1.54, 1.807) is 29.6 Å². The van der Waals surface area contributed by atoms with E-state index in [-0.39, 0.29) is 16.6 Å². The zero-order valence-electron chi connectivity index (χ0n) is 16.3. The summed E-state index contributed by atoms with van der Waals surface area (Å²) in [4.78, 5) is 29.3. The van der Waals surface area contributed by atoms with Crippen molar-refractivity contribution in [2.75, 3.05) is 11.1 Å². The molecule has 0 aliphatic carbocycles. The van der Waals surface area contributed by atoms with Crippen molar-refractivity contribution in [3.05, 3.63) is 63.7 Å². The van der Waals surface area contributed by atoms with E-state index in [2.05, 4.69) is 4.98 Å². The van der Waals surface area contributed by atoms with Crippen LogP contribution in [0.15, 0.2) is 34.2 Å². The molecule has 0 spiro atoms. The van der Waals surface area contributed by atoms with Crippen molar-refractivity contribution in [2.24, 2.45) is 5.92 Å². The molecule has 0 fully saturated rings. The van der Waals surface area contributed by atoms with Gasteiger partial charge in [-0.2, -0.15) is 0 Å². The Morgan fingerprint density at radius 3 is 2.23 bits per heavy atom. The average Bonchev–Trinajstić information content (AvgIpc) is 2.74. The molecule has 2 aromatic carbocycles. The molecule has 1 aromatic heterocycles. The second-order valence-corrected chi connectivity index (χ2v) is 7.95.